The predicted octanol–water partition coefficient (Wildman–Crippen LogP) is 1.87. The van der Waals surface area contributed by atoms with Gasteiger partial charge in [-0.05, 0) is 26.0 Å². The van der Waals surface area contributed by atoms with Crippen molar-refractivity contribution in [1.82, 2.24) is 14.1 Å². The van der Waals surface area contributed by atoms with Crippen molar-refractivity contribution in [3.05, 3.63) is 17.5 Å². The highest BCUT2D eigenvalue weighted by molar-refractivity contribution is 6.99. The van der Waals surface area contributed by atoms with Crippen LogP contribution in [-0.2, 0) is 0 Å². The van der Waals surface area contributed by atoms with Crippen LogP contribution in [0.5, 0.6) is 5.88 Å². The zero-order valence-electron chi connectivity index (χ0n) is 8.28. The molecule has 1 unspecified atom stereocenters. The molecule has 2 rings (SSSR count). The van der Waals surface area contributed by atoms with Crippen LogP contribution in [0.1, 0.15) is 31.5 Å². The first-order valence-corrected chi connectivity index (χ1v) is 5.32. The Labute approximate surface area is 87.3 Å². The highest BCUT2D eigenvalue weighted by Crippen LogP contribution is 2.29. The van der Waals surface area contributed by atoms with E-state index in [-0.39, 0.29) is 6.04 Å². The smallest absolute Gasteiger partial charge is 0.250 e. The van der Waals surface area contributed by atoms with E-state index in [2.05, 4.69) is 21.0 Å². The van der Waals surface area contributed by atoms with Crippen LogP contribution < -0.4 is 10.1 Å². The van der Waals surface area contributed by atoms with Gasteiger partial charge in [0.25, 0.3) is 5.88 Å². The van der Waals surface area contributed by atoms with E-state index in [0.29, 0.717) is 5.88 Å². The number of allylic oxidation sites excluding steroid dienone is 1. The lowest BCUT2D eigenvalue weighted by Gasteiger charge is -2.21. The molecular weight excluding hydrogens is 198 g/mol. The number of hydrogen-bond donors (Lipinski definition) is 1. The fourth-order valence-electron chi connectivity index (χ4n) is 1.53. The fourth-order valence-corrected chi connectivity index (χ4v) is 2.10. The fraction of sp³-hybridized carbons (Fsp3) is 0.556. The van der Waals surface area contributed by atoms with Crippen LogP contribution in [0.4, 0.5) is 0 Å². The Morgan fingerprint density at radius 2 is 2.43 bits per heavy atom. The lowest BCUT2D eigenvalue weighted by Crippen LogP contribution is -2.20. The Hall–Kier alpha value is -1.10. The first-order valence-electron chi connectivity index (χ1n) is 4.59. The molecular formula is C9H13N3OS. The molecule has 0 aliphatic carbocycles. The van der Waals surface area contributed by atoms with Gasteiger partial charge in [0.15, 0.2) is 0 Å². The van der Waals surface area contributed by atoms with Gasteiger partial charge in [-0.25, -0.2) is 0 Å². The molecule has 5 heteroatoms. The second-order valence-corrected chi connectivity index (χ2v) is 3.94. The molecule has 1 aromatic rings. The van der Waals surface area contributed by atoms with Gasteiger partial charge in [0, 0.05) is 0 Å². The number of ether oxygens (including phenoxy) is 1. The van der Waals surface area contributed by atoms with Crippen LogP contribution >= 0.6 is 11.7 Å². The molecule has 1 aliphatic heterocycles. The average Bonchev–Trinajstić information content (AvgIpc) is 2.67. The Bertz CT molecular complexity index is 348. The minimum atomic E-state index is 0.257. The largest absolute Gasteiger partial charge is 0.479 e. The molecule has 0 spiro atoms. The molecule has 1 aliphatic rings. The van der Waals surface area contributed by atoms with Gasteiger partial charge in [0.05, 0.1) is 24.9 Å². The third kappa shape index (κ3) is 1.72. The summed E-state index contributed by atoms with van der Waals surface area (Å²) in [6, 6.07) is 0.257. The summed E-state index contributed by atoms with van der Waals surface area (Å²) in [4.78, 5) is 0. The number of hydrogen-bond acceptors (Lipinski definition) is 5. The maximum Gasteiger partial charge on any atom is 0.250 e. The van der Waals surface area contributed by atoms with Gasteiger partial charge < -0.3 is 10.1 Å². The van der Waals surface area contributed by atoms with Crippen LogP contribution in [0.2, 0.25) is 0 Å². The zero-order valence-corrected chi connectivity index (χ0v) is 9.10. The van der Waals surface area contributed by atoms with E-state index in [4.69, 9.17) is 4.74 Å². The topological polar surface area (TPSA) is 47.0 Å². The Morgan fingerprint density at radius 1 is 1.57 bits per heavy atom. The molecule has 2 heterocycles. The van der Waals surface area contributed by atoms with Crippen molar-refractivity contribution in [1.29, 1.82) is 0 Å². The summed E-state index contributed by atoms with van der Waals surface area (Å²) in [7, 11) is 1.63. The first kappa shape index (κ1) is 9.45. The quantitative estimate of drug-likeness (QED) is 0.811. The van der Waals surface area contributed by atoms with Crippen molar-refractivity contribution in [3.8, 4) is 5.88 Å². The number of nitrogens with one attached hydrogen (secondary N) is 1. The predicted molar refractivity (Wildman–Crippen MR) is 55.3 cm³/mol. The molecule has 0 saturated carbocycles. The maximum atomic E-state index is 5.14. The molecule has 0 fully saturated rings. The summed E-state index contributed by atoms with van der Waals surface area (Å²) in [5, 5.41) is 3.31. The van der Waals surface area contributed by atoms with Crippen LogP contribution in [-0.4, -0.2) is 15.9 Å². The highest BCUT2D eigenvalue weighted by Gasteiger charge is 2.21. The summed E-state index contributed by atoms with van der Waals surface area (Å²) in [5.41, 5.74) is 2.31. The van der Waals surface area contributed by atoms with E-state index in [1.165, 1.54) is 17.3 Å². The maximum absolute atomic E-state index is 5.14. The monoisotopic (exact) mass is 211 g/mol. The van der Waals surface area contributed by atoms with Crippen molar-refractivity contribution >= 4 is 11.7 Å². The van der Waals surface area contributed by atoms with Crippen LogP contribution in [0.15, 0.2) is 11.8 Å². The zero-order chi connectivity index (χ0) is 9.97. The van der Waals surface area contributed by atoms with Gasteiger partial charge in [-0.2, -0.15) is 4.37 Å². The molecule has 0 radical (unpaired) electrons. The number of nitrogens with zero attached hydrogens (tertiary/aromatic N) is 2. The van der Waals surface area contributed by atoms with Crippen LogP contribution in [0.25, 0.3) is 0 Å². The Morgan fingerprint density at radius 3 is 3.07 bits per heavy atom. The summed E-state index contributed by atoms with van der Waals surface area (Å²) in [5.74, 6) is 0.653. The van der Waals surface area contributed by atoms with E-state index in [0.717, 1.165) is 18.5 Å². The van der Waals surface area contributed by atoms with Crippen LogP contribution in [0, 0.1) is 0 Å². The van der Waals surface area contributed by atoms with E-state index in [9.17, 15) is 0 Å². The number of aromatic nitrogens is 2. The summed E-state index contributed by atoms with van der Waals surface area (Å²) in [6.45, 7) is 2.12. The van der Waals surface area contributed by atoms with Crippen molar-refractivity contribution in [3.63, 3.8) is 0 Å². The summed E-state index contributed by atoms with van der Waals surface area (Å²) < 4.78 is 13.5. The minimum Gasteiger partial charge on any atom is -0.479 e. The molecule has 1 aromatic heterocycles. The SMILES string of the molecule is COc1nsnc1C1CCC(C)=CN1. The van der Waals surface area contributed by atoms with Gasteiger partial charge in [0.2, 0.25) is 0 Å². The number of methoxy groups -OCH3 is 1. The van der Waals surface area contributed by atoms with Gasteiger partial charge in [-0.15, -0.1) is 4.37 Å². The third-order valence-electron chi connectivity index (χ3n) is 2.36. The Kier molecular flexibility index (Phi) is 2.67. The van der Waals surface area contributed by atoms with Gasteiger partial charge in [0.1, 0.15) is 5.69 Å². The van der Waals surface area contributed by atoms with Gasteiger partial charge >= 0.3 is 0 Å². The first-order chi connectivity index (χ1) is 6.81. The highest BCUT2D eigenvalue weighted by atomic mass is 32.1. The van der Waals surface area contributed by atoms with E-state index >= 15 is 0 Å². The molecule has 0 bridgehead atoms. The average molecular weight is 211 g/mol. The van der Waals surface area contributed by atoms with Crippen molar-refractivity contribution in [2.45, 2.75) is 25.8 Å². The second-order valence-electron chi connectivity index (χ2n) is 3.41. The normalized spacial score (nSPS) is 21.3. The van der Waals surface area contributed by atoms with Crippen molar-refractivity contribution < 1.29 is 4.74 Å². The molecule has 0 aromatic carbocycles. The molecule has 4 nitrogen and oxygen atoms in total. The Balaban J connectivity index is 2.16. The second kappa shape index (κ2) is 3.96. The molecule has 1 atom stereocenters. The third-order valence-corrected chi connectivity index (χ3v) is 2.89. The van der Waals surface area contributed by atoms with Crippen molar-refractivity contribution in [2.24, 2.45) is 0 Å². The van der Waals surface area contributed by atoms with E-state index in [1.807, 2.05) is 6.20 Å². The number of rotatable bonds is 2. The van der Waals surface area contributed by atoms with Crippen LogP contribution in [0.3, 0.4) is 0 Å². The van der Waals surface area contributed by atoms with Crippen molar-refractivity contribution in [2.75, 3.05) is 7.11 Å². The van der Waals surface area contributed by atoms with Gasteiger partial charge in [-0.1, -0.05) is 5.57 Å². The molecule has 76 valence electrons. The van der Waals surface area contributed by atoms with E-state index in [1.54, 1.807) is 7.11 Å². The molecule has 14 heavy (non-hydrogen) atoms. The lowest BCUT2D eigenvalue weighted by atomic mass is 10.0. The molecule has 0 amide bonds. The van der Waals surface area contributed by atoms with Gasteiger partial charge in [-0.3, -0.25) is 0 Å². The molecule has 1 N–H and O–H groups in total. The lowest BCUT2D eigenvalue weighted by molar-refractivity contribution is 0.384. The summed E-state index contributed by atoms with van der Waals surface area (Å²) in [6.07, 6.45) is 4.22. The van der Waals surface area contributed by atoms with E-state index < -0.39 is 0 Å². The molecule has 0 saturated heterocycles. The summed E-state index contributed by atoms with van der Waals surface area (Å²) >= 11 is 1.20. The standard InChI is InChI=1S/C9H13N3OS/c1-6-3-4-7(10-5-6)8-9(13-2)12-14-11-8/h5,7,10H,3-4H2,1-2H3. The minimum absolute atomic E-state index is 0.257.